The maximum Gasteiger partial charge on any atom is 0.321 e. The van der Waals surface area contributed by atoms with Gasteiger partial charge in [-0.3, -0.25) is 0 Å². The van der Waals surface area contributed by atoms with Crippen LogP contribution in [0, 0.1) is 13.8 Å². The molecular formula is C16H18N2O2. The Balaban J connectivity index is 1.78. The van der Waals surface area contributed by atoms with Gasteiger partial charge in [0.25, 0.3) is 0 Å². The van der Waals surface area contributed by atoms with Crippen LogP contribution in [-0.4, -0.2) is 12.8 Å². The van der Waals surface area contributed by atoms with Crippen LogP contribution in [0.25, 0.3) is 0 Å². The number of aryl methyl sites for hydroxylation is 2. The Labute approximate surface area is 118 Å². The molecule has 0 fully saturated rings. The minimum Gasteiger partial charge on any atom is -0.473 e. The molecule has 0 radical (unpaired) electrons. The number of hydrogen-bond donors (Lipinski definition) is 2. The number of ether oxygens (including phenoxy) is 1. The molecule has 20 heavy (non-hydrogen) atoms. The summed E-state index contributed by atoms with van der Waals surface area (Å²) in [4.78, 5) is 11.7. The molecular weight excluding hydrogens is 252 g/mol. The summed E-state index contributed by atoms with van der Waals surface area (Å²) in [5, 5.41) is 5.42. The maximum atomic E-state index is 11.7. The van der Waals surface area contributed by atoms with Gasteiger partial charge in [0, 0.05) is 5.69 Å². The largest absolute Gasteiger partial charge is 0.473 e. The van der Waals surface area contributed by atoms with Gasteiger partial charge < -0.3 is 15.4 Å². The molecule has 0 spiro atoms. The van der Waals surface area contributed by atoms with Gasteiger partial charge in [-0.1, -0.05) is 35.9 Å². The molecule has 0 saturated carbocycles. The number of hydrogen-bond acceptors (Lipinski definition) is 2. The van der Waals surface area contributed by atoms with E-state index in [9.17, 15) is 4.79 Å². The number of carbonyl (C=O) groups is 1. The highest BCUT2D eigenvalue weighted by Gasteiger charge is 2.03. The molecule has 2 aromatic carbocycles. The van der Waals surface area contributed by atoms with Crippen LogP contribution in [0.2, 0.25) is 0 Å². The third-order valence-electron chi connectivity index (χ3n) is 2.89. The predicted molar refractivity (Wildman–Crippen MR) is 80.0 cm³/mol. The van der Waals surface area contributed by atoms with Gasteiger partial charge in [0.1, 0.15) is 5.75 Å². The Bertz CT molecular complexity index is 579. The van der Waals surface area contributed by atoms with Crippen molar-refractivity contribution in [2.24, 2.45) is 0 Å². The molecule has 0 aliphatic carbocycles. The SMILES string of the molecule is Cc1ccc(OCNC(=O)Nc2ccccc2C)cc1. The summed E-state index contributed by atoms with van der Waals surface area (Å²) in [6, 6.07) is 15.0. The number of para-hydroxylation sites is 1. The second kappa shape index (κ2) is 6.61. The molecule has 0 aliphatic rings. The van der Waals surface area contributed by atoms with Crippen LogP contribution in [0.3, 0.4) is 0 Å². The summed E-state index contributed by atoms with van der Waals surface area (Å²) >= 11 is 0. The van der Waals surface area contributed by atoms with Crippen molar-refractivity contribution in [2.75, 3.05) is 12.0 Å². The van der Waals surface area contributed by atoms with Crippen LogP contribution < -0.4 is 15.4 Å². The lowest BCUT2D eigenvalue weighted by molar-refractivity contribution is 0.234. The van der Waals surface area contributed by atoms with E-state index in [1.807, 2.05) is 62.4 Å². The van der Waals surface area contributed by atoms with Crippen molar-refractivity contribution >= 4 is 11.7 Å². The van der Waals surface area contributed by atoms with E-state index in [1.165, 1.54) is 5.56 Å². The molecule has 2 aromatic rings. The topological polar surface area (TPSA) is 50.4 Å². The summed E-state index contributed by atoms with van der Waals surface area (Å²) in [5.41, 5.74) is 2.98. The number of anilines is 1. The van der Waals surface area contributed by atoms with E-state index < -0.39 is 0 Å². The van der Waals surface area contributed by atoms with Crippen molar-refractivity contribution < 1.29 is 9.53 Å². The average molecular weight is 270 g/mol. The highest BCUT2D eigenvalue weighted by atomic mass is 16.5. The van der Waals surface area contributed by atoms with E-state index in [4.69, 9.17) is 4.74 Å². The van der Waals surface area contributed by atoms with Gasteiger partial charge in [0.05, 0.1) is 0 Å². The van der Waals surface area contributed by atoms with E-state index in [-0.39, 0.29) is 12.8 Å². The van der Waals surface area contributed by atoms with Gasteiger partial charge in [-0.15, -0.1) is 0 Å². The first-order valence-electron chi connectivity index (χ1n) is 6.45. The normalized spacial score (nSPS) is 9.90. The molecule has 0 atom stereocenters. The Morgan fingerprint density at radius 1 is 1.05 bits per heavy atom. The molecule has 2 N–H and O–H groups in total. The highest BCUT2D eigenvalue weighted by molar-refractivity contribution is 5.89. The zero-order valence-corrected chi connectivity index (χ0v) is 11.6. The number of rotatable bonds is 4. The number of nitrogens with one attached hydrogen (secondary N) is 2. The van der Waals surface area contributed by atoms with Crippen molar-refractivity contribution in [3.05, 3.63) is 59.7 Å². The average Bonchev–Trinajstić information content (AvgIpc) is 2.44. The fourth-order valence-corrected chi connectivity index (χ4v) is 1.70. The highest BCUT2D eigenvalue weighted by Crippen LogP contribution is 2.13. The zero-order chi connectivity index (χ0) is 14.4. The van der Waals surface area contributed by atoms with Crippen molar-refractivity contribution in [1.82, 2.24) is 5.32 Å². The zero-order valence-electron chi connectivity index (χ0n) is 11.6. The minimum absolute atomic E-state index is 0.126. The first-order chi connectivity index (χ1) is 9.65. The van der Waals surface area contributed by atoms with Crippen molar-refractivity contribution in [2.45, 2.75) is 13.8 Å². The van der Waals surface area contributed by atoms with Gasteiger partial charge in [0.2, 0.25) is 0 Å². The van der Waals surface area contributed by atoms with Gasteiger partial charge in [-0.05, 0) is 37.6 Å². The molecule has 2 rings (SSSR count). The number of urea groups is 1. The lowest BCUT2D eigenvalue weighted by atomic mass is 10.2. The smallest absolute Gasteiger partial charge is 0.321 e. The van der Waals surface area contributed by atoms with Crippen LogP contribution in [0.5, 0.6) is 5.75 Å². The second-order valence-electron chi connectivity index (χ2n) is 4.55. The number of benzene rings is 2. The molecule has 0 aliphatic heterocycles. The number of amides is 2. The van der Waals surface area contributed by atoms with Gasteiger partial charge in [-0.25, -0.2) is 4.79 Å². The lowest BCUT2D eigenvalue weighted by Gasteiger charge is -2.10. The van der Waals surface area contributed by atoms with Crippen molar-refractivity contribution in [3.63, 3.8) is 0 Å². The molecule has 0 heterocycles. The molecule has 0 saturated heterocycles. The van der Waals surface area contributed by atoms with Crippen LogP contribution in [0.4, 0.5) is 10.5 Å². The van der Waals surface area contributed by atoms with Crippen molar-refractivity contribution in [1.29, 1.82) is 0 Å². The van der Waals surface area contributed by atoms with Crippen LogP contribution >= 0.6 is 0 Å². The van der Waals surface area contributed by atoms with Gasteiger partial charge in [-0.2, -0.15) is 0 Å². The third kappa shape index (κ3) is 4.02. The Morgan fingerprint density at radius 2 is 1.75 bits per heavy atom. The first kappa shape index (κ1) is 13.9. The summed E-state index contributed by atoms with van der Waals surface area (Å²) < 4.78 is 5.43. The second-order valence-corrected chi connectivity index (χ2v) is 4.55. The summed E-state index contributed by atoms with van der Waals surface area (Å²) in [6.45, 7) is 4.08. The number of carbonyl (C=O) groups excluding carboxylic acids is 1. The van der Waals surface area contributed by atoms with E-state index in [0.29, 0.717) is 0 Å². The predicted octanol–water partition coefficient (Wildman–Crippen LogP) is 3.46. The summed E-state index contributed by atoms with van der Waals surface area (Å²) in [6.07, 6.45) is 0. The van der Waals surface area contributed by atoms with Gasteiger partial charge in [0.15, 0.2) is 6.73 Å². The molecule has 4 heteroatoms. The standard InChI is InChI=1S/C16H18N2O2/c1-12-7-9-14(10-8-12)20-11-17-16(19)18-15-6-4-3-5-13(15)2/h3-10H,11H2,1-2H3,(H2,17,18,19). The maximum absolute atomic E-state index is 11.7. The van der Waals surface area contributed by atoms with E-state index >= 15 is 0 Å². The quantitative estimate of drug-likeness (QED) is 0.836. The van der Waals surface area contributed by atoms with Crippen LogP contribution in [-0.2, 0) is 0 Å². The monoisotopic (exact) mass is 270 g/mol. The van der Waals surface area contributed by atoms with E-state index in [0.717, 1.165) is 17.0 Å². The van der Waals surface area contributed by atoms with E-state index in [1.54, 1.807) is 0 Å². The first-order valence-corrected chi connectivity index (χ1v) is 6.45. The van der Waals surface area contributed by atoms with Crippen LogP contribution in [0.15, 0.2) is 48.5 Å². The molecule has 104 valence electrons. The molecule has 0 aromatic heterocycles. The molecule has 2 amide bonds. The minimum atomic E-state index is -0.286. The summed E-state index contributed by atoms with van der Waals surface area (Å²) in [7, 11) is 0. The lowest BCUT2D eigenvalue weighted by Crippen LogP contribution is -2.32. The fraction of sp³-hybridized carbons (Fsp3) is 0.188. The molecule has 0 bridgehead atoms. The Hall–Kier alpha value is -2.49. The van der Waals surface area contributed by atoms with Gasteiger partial charge >= 0.3 is 6.03 Å². The Kier molecular flexibility index (Phi) is 4.60. The van der Waals surface area contributed by atoms with E-state index in [2.05, 4.69) is 10.6 Å². The Morgan fingerprint density at radius 3 is 2.45 bits per heavy atom. The van der Waals surface area contributed by atoms with Crippen molar-refractivity contribution in [3.8, 4) is 5.75 Å². The molecule has 0 unspecified atom stereocenters. The fourth-order valence-electron chi connectivity index (χ4n) is 1.70. The summed E-state index contributed by atoms with van der Waals surface area (Å²) in [5.74, 6) is 0.729. The third-order valence-corrected chi connectivity index (χ3v) is 2.89. The molecule has 4 nitrogen and oxygen atoms in total. The van der Waals surface area contributed by atoms with Crippen LogP contribution in [0.1, 0.15) is 11.1 Å².